The van der Waals surface area contributed by atoms with E-state index in [1.165, 1.54) is 12.1 Å². The molecule has 2 aromatic rings. The molecule has 0 spiro atoms. The number of amides is 1. The van der Waals surface area contributed by atoms with Crippen LogP contribution in [0.3, 0.4) is 0 Å². The fraction of sp³-hybridized carbons (Fsp3) is 0.0667. The Bertz CT molecular complexity index is 776. The molecule has 0 aromatic heterocycles. The monoisotopic (exact) mass is 348 g/mol. The molecule has 1 aliphatic rings. The van der Waals surface area contributed by atoms with Gasteiger partial charge in [-0.05, 0) is 46.3 Å². The van der Waals surface area contributed by atoms with Crippen molar-refractivity contribution in [2.24, 2.45) is 0 Å². The van der Waals surface area contributed by atoms with E-state index in [9.17, 15) is 14.0 Å². The topological polar surface area (TPSA) is 49.4 Å². The zero-order valence-electron chi connectivity index (χ0n) is 11.0. The van der Waals surface area contributed by atoms with Gasteiger partial charge in [-0.2, -0.15) is 0 Å². The third kappa shape index (κ3) is 2.31. The molecule has 0 bridgehead atoms. The molecule has 1 N–H and O–H groups in total. The lowest BCUT2D eigenvalue weighted by molar-refractivity contribution is -0.112. The Morgan fingerprint density at radius 3 is 2.67 bits per heavy atom. The Morgan fingerprint density at radius 1 is 1.19 bits per heavy atom. The molecular formula is C15H10BrFN2O2. The minimum Gasteiger partial charge on any atom is -0.344 e. The first-order valence-electron chi connectivity index (χ1n) is 6.16. The molecule has 21 heavy (non-hydrogen) atoms. The Balaban J connectivity index is 2.06. The smallest absolute Gasteiger partial charge is 0.296 e. The highest BCUT2D eigenvalue weighted by molar-refractivity contribution is 9.10. The second kappa shape index (κ2) is 4.96. The van der Waals surface area contributed by atoms with Crippen LogP contribution in [0.5, 0.6) is 0 Å². The molecule has 0 unspecified atom stereocenters. The minimum absolute atomic E-state index is 0.333. The Labute approximate surface area is 128 Å². The number of fused-ring (bicyclic) bond motifs is 1. The van der Waals surface area contributed by atoms with E-state index in [-0.39, 0.29) is 5.82 Å². The van der Waals surface area contributed by atoms with Crippen LogP contribution in [-0.4, -0.2) is 18.7 Å². The maximum absolute atomic E-state index is 13.3. The zero-order valence-corrected chi connectivity index (χ0v) is 12.6. The van der Waals surface area contributed by atoms with Gasteiger partial charge in [-0.3, -0.25) is 9.59 Å². The fourth-order valence-corrected chi connectivity index (χ4v) is 2.84. The largest absolute Gasteiger partial charge is 0.344 e. The first-order chi connectivity index (χ1) is 9.97. The number of carbonyl (C=O) groups is 2. The number of benzene rings is 2. The molecule has 1 heterocycles. The Kier molecular flexibility index (Phi) is 3.25. The maximum atomic E-state index is 13.3. The van der Waals surface area contributed by atoms with Crippen molar-refractivity contribution < 1.29 is 14.0 Å². The standard InChI is InChI=1S/C15H10BrFN2O2/c1-19(9-4-2-3-8(17)5-9)13-7-12-10(6-11(13)16)14(20)15(21)18-12/h2-7H,1H3,(H,18,20,21). The summed E-state index contributed by atoms with van der Waals surface area (Å²) in [4.78, 5) is 24.8. The quantitative estimate of drug-likeness (QED) is 0.845. The van der Waals surface area contributed by atoms with Gasteiger partial charge in [-0.15, -0.1) is 0 Å². The van der Waals surface area contributed by atoms with Crippen molar-refractivity contribution >= 4 is 44.7 Å². The number of anilines is 3. The highest BCUT2D eigenvalue weighted by atomic mass is 79.9. The normalized spacial score (nSPS) is 13.1. The highest BCUT2D eigenvalue weighted by Gasteiger charge is 2.29. The number of halogens is 2. The van der Waals surface area contributed by atoms with E-state index in [4.69, 9.17) is 0 Å². The van der Waals surface area contributed by atoms with E-state index in [1.807, 2.05) is 0 Å². The summed E-state index contributed by atoms with van der Waals surface area (Å²) in [6, 6.07) is 9.45. The van der Waals surface area contributed by atoms with Crippen molar-refractivity contribution in [3.63, 3.8) is 0 Å². The summed E-state index contributed by atoms with van der Waals surface area (Å²) in [6.45, 7) is 0. The van der Waals surface area contributed by atoms with E-state index in [1.54, 1.807) is 36.2 Å². The molecule has 0 aliphatic carbocycles. The molecule has 0 fully saturated rings. The maximum Gasteiger partial charge on any atom is 0.296 e. The number of carbonyl (C=O) groups excluding carboxylic acids is 2. The molecule has 4 nitrogen and oxygen atoms in total. The number of rotatable bonds is 2. The first-order valence-corrected chi connectivity index (χ1v) is 6.95. The first kappa shape index (κ1) is 13.8. The number of hydrogen-bond donors (Lipinski definition) is 1. The summed E-state index contributed by atoms with van der Waals surface area (Å²) < 4.78 is 14.0. The third-order valence-electron chi connectivity index (χ3n) is 3.34. The number of Topliss-reactive ketones (excluding diaryl/α,β-unsaturated/α-hetero) is 1. The van der Waals surface area contributed by atoms with Crippen molar-refractivity contribution in [1.82, 2.24) is 0 Å². The molecule has 0 radical (unpaired) electrons. The van der Waals surface area contributed by atoms with Crippen molar-refractivity contribution in [1.29, 1.82) is 0 Å². The minimum atomic E-state index is -0.637. The van der Waals surface area contributed by atoms with E-state index < -0.39 is 11.7 Å². The summed E-state index contributed by atoms with van der Waals surface area (Å²) in [6.07, 6.45) is 0. The summed E-state index contributed by atoms with van der Waals surface area (Å²) >= 11 is 3.39. The lowest BCUT2D eigenvalue weighted by Crippen LogP contribution is -2.12. The number of nitrogens with one attached hydrogen (secondary N) is 1. The van der Waals surface area contributed by atoms with E-state index >= 15 is 0 Å². The predicted octanol–water partition coefficient (Wildman–Crippen LogP) is 3.49. The van der Waals surface area contributed by atoms with E-state index in [0.717, 1.165) is 0 Å². The van der Waals surface area contributed by atoms with Crippen LogP contribution in [0.25, 0.3) is 0 Å². The molecule has 3 rings (SSSR count). The lowest BCUT2D eigenvalue weighted by atomic mass is 10.1. The van der Waals surface area contributed by atoms with Crippen LogP contribution < -0.4 is 10.2 Å². The summed E-state index contributed by atoms with van der Waals surface area (Å²) in [5.41, 5.74) is 2.18. The van der Waals surface area contributed by atoms with Gasteiger partial charge in [0.1, 0.15) is 5.82 Å². The Hall–Kier alpha value is -2.21. The van der Waals surface area contributed by atoms with Crippen molar-refractivity contribution in [3.05, 3.63) is 52.3 Å². The number of ketones is 1. The van der Waals surface area contributed by atoms with Gasteiger partial charge in [0.2, 0.25) is 0 Å². The van der Waals surface area contributed by atoms with Crippen LogP contribution in [0, 0.1) is 5.82 Å². The average Bonchev–Trinajstić information content (AvgIpc) is 2.73. The van der Waals surface area contributed by atoms with Gasteiger partial charge >= 0.3 is 0 Å². The SMILES string of the molecule is CN(c1cccc(F)c1)c1cc2c(cc1Br)C(=O)C(=O)N2. The van der Waals surface area contributed by atoms with Gasteiger partial charge in [0.15, 0.2) is 0 Å². The van der Waals surface area contributed by atoms with Crippen LogP contribution in [0.4, 0.5) is 21.5 Å². The average molecular weight is 349 g/mol. The van der Waals surface area contributed by atoms with Crippen molar-refractivity contribution in [3.8, 4) is 0 Å². The summed E-state index contributed by atoms with van der Waals surface area (Å²) in [5, 5.41) is 2.52. The molecule has 1 aliphatic heterocycles. The zero-order chi connectivity index (χ0) is 15.1. The predicted molar refractivity (Wildman–Crippen MR) is 81.6 cm³/mol. The highest BCUT2D eigenvalue weighted by Crippen LogP contribution is 2.37. The molecule has 0 saturated heterocycles. The van der Waals surface area contributed by atoms with Gasteiger partial charge in [0.25, 0.3) is 11.7 Å². The van der Waals surface area contributed by atoms with Crippen LogP contribution in [0.1, 0.15) is 10.4 Å². The van der Waals surface area contributed by atoms with Crippen molar-refractivity contribution in [2.45, 2.75) is 0 Å². The second-order valence-electron chi connectivity index (χ2n) is 4.67. The van der Waals surface area contributed by atoms with Crippen molar-refractivity contribution in [2.75, 3.05) is 17.3 Å². The third-order valence-corrected chi connectivity index (χ3v) is 3.98. The molecule has 0 atom stereocenters. The second-order valence-corrected chi connectivity index (χ2v) is 5.53. The molecule has 2 aromatic carbocycles. The molecule has 0 saturated carbocycles. The molecule has 106 valence electrons. The Morgan fingerprint density at radius 2 is 1.95 bits per heavy atom. The fourth-order valence-electron chi connectivity index (χ4n) is 2.24. The van der Waals surface area contributed by atoms with Gasteiger partial charge in [0.05, 0.1) is 16.9 Å². The summed E-state index contributed by atoms with van der Waals surface area (Å²) in [5.74, 6) is -1.52. The van der Waals surface area contributed by atoms with Gasteiger partial charge < -0.3 is 10.2 Å². The van der Waals surface area contributed by atoms with Crippen LogP contribution in [0.2, 0.25) is 0 Å². The van der Waals surface area contributed by atoms with Gasteiger partial charge in [-0.1, -0.05) is 6.07 Å². The lowest BCUT2D eigenvalue weighted by Gasteiger charge is -2.21. The van der Waals surface area contributed by atoms with E-state index in [2.05, 4.69) is 21.2 Å². The van der Waals surface area contributed by atoms with E-state index in [0.29, 0.717) is 27.1 Å². The molecule has 6 heteroatoms. The van der Waals surface area contributed by atoms with Gasteiger partial charge in [-0.25, -0.2) is 4.39 Å². The van der Waals surface area contributed by atoms with Crippen LogP contribution in [-0.2, 0) is 4.79 Å². The summed E-state index contributed by atoms with van der Waals surface area (Å²) in [7, 11) is 1.78. The van der Waals surface area contributed by atoms with Gasteiger partial charge in [0, 0.05) is 17.2 Å². The number of hydrogen-bond acceptors (Lipinski definition) is 3. The number of nitrogens with zero attached hydrogens (tertiary/aromatic N) is 1. The molecule has 1 amide bonds. The molecular weight excluding hydrogens is 339 g/mol. The van der Waals surface area contributed by atoms with Crippen LogP contribution in [0.15, 0.2) is 40.9 Å². The van der Waals surface area contributed by atoms with Crippen LogP contribution >= 0.6 is 15.9 Å².